The Morgan fingerprint density at radius 3 is 2.46 bits per heavy atom. The third kappa shape index (κ3) is 4.22. The lowest BCUT2D eigenvalue weighted by molar-refractivity contribution is -0.291. The predicted molar refractivity (Wildman–Crippen MR) is 122 cm³/mol. The molecule has 14 heteroatoms. The second kappa shape index (κ2) is 8.50. The Morgan fingerprint density at radius 1 is 1.08 bits per heavy atom. The van der Waals surface area contributed by atoms with Crippen molar-refractivity contribution in [2.24, 2.45) is 7.05 Å². The Labute approximate surface area is 207 Å². The van der Waals surface area contributed by atoms with Gasteiger partial charge in [-0.1, -0.05) is 6.92 Å². The number of halogens is 5. The average Bonchev–Trinajstić information content (AvgIpc) is 3.66. The van der Waals surface area contributed by atoms with E-state index in [9.17, 15) is 30.4 Å². The largest absolute Gasteiger partial charge is 0.459 e. The highest BCUT2D eigenvalue weighted by molar-refractivity contribution is 7.91. The minimum atomic E-state index is -5.88. The summed E-state index contributed by atoms with van der Waals surface area (Å²) in [5, 5.41) is 6.57. The maximum atomic E-state index is 13.8. The highest BCUT2D eigenvalue weighted by Gasteiger charge is 2.60. The van der Waals surface area contributed by atoms with Crippen molar-refractivity contribution in [2.45, 2.75) is 42.7 Å². The lowest BCUT2D eigenvalue weighted by Gasteiger charge is -2.17. The molecule has 0 spiro atoms. The smallest absolute Gasteiger partial charge is 0.309 e. The second-order valence-corrected chi connectivity index (χ2v) is 11.0. The minimum Gasteiger partial charge on any atom is -0.309 e. The zero-order chi connectivity index (χ0) is 26.8. The fourth-order valence-electron chi connectivity index (χ4n) is 4.05. The van der Waals surface area contributed by atoms with E-state index < -0.39 is 27.6 Å². The van der Waals surface area contributed by atoms with Crippen molar-refractivity contribution in [2.75, 3.05) is 5.75 Å². The van der Waals surface area contributed by atoms with Crippen molar-refractivity contribution >= 4 is 21.0 Å². The molecule has 8 nitrogen and oxygen atoms in total. The van der Waals surface area contributed by atoms with Gasteiger partial charge < -0.3 is 4.57 Å². The first-order chi connectivity index (χ1) is 17.3. The Bertz CT molecular complexity index is 1630. The van der Waals surface area contributed by atoms with E-state index in [1.165, 1.54) is 30.8 Å². The molecule has 0 atom stereocenters. The summed E-state index contributed by atoms with van der Waals surface area (Å²) in [5.74, 6) is -5.24. The van der Waals surface area contributed by atoms with Crippen LogP contribution < -0.4 is 0 Å². The molecular weight excluding hydrogens is 519 g/mol. The van der Waals surface area contributed by atoms with Crippen LogP contribution in [0, 0.1) is 0 Å². The zero-order valence-corrected chi connectivity index (χ0v) is 20.3. The van der Waals surface area contributed by atoms with Crippen LogP contribution in [-0.4, -0.2) is 50.1 Å². The molecule has 37 heavy (non-hydrogen) atoms. The molecule has 194 valence electrons. The van der Waals surface area contributed by atoms with E-state index in [0.717, 1.165) is 24.0 Å². The van der Waals surface area contributed by atoms with Gasteiger partial charge in [0.1, 0.15) is 16.9 Å². The van der Waals surface area contributed by atoms with E-state index in [0.29, 0.717) is 17.5 Å². The van der Waals surface area contributed by atoms with Gasteiger partial charge in [-0.05, 0) is 42.5 Å². The Hall–Kier alpha value is -3.55. The summed E-state index contributed by atoms with van der Waals surface area (Å²) < 4.78 is 93.6. The van der Waals surface area contributed by atoms with Crippen molar-refractivity contribution in [3.63, 3.8) is 0 Å². The van der Waals surface area contributed by atoms with Gasteiger partial charge in [0.25, 0.3) is 0 Å². The first-order valence-electron chi connectivity index (χ1n) is 11.2. The fraction of sp³-hybridized carbons (Fsp3) is 0.348. The number of hydrogen-bond donors (Lipinski definition) is 0. The first kappa shape index (κ1) is 25.1. The summed E-state index contributed by atoms with van der Waals surface area (Å²) in [6, 6.07) is 3.82. The van der Waals surface area contributed by atoms with Crippen LogP contribution in [0.15, 0.2) is 41.7 Å². The molecule has 1 saturated carbocycles. The summed E-state index contributed by atoms with van der Waals surface area (Å²) in [7, 11) is -2.46. The van der Waals surface area contributed by atoms with Crippen molar-refractivity contribution in [3.8, 4) is 22.6 Å². The number of alkyl halides is 5. The SMILES string of the molecule is CCS(=O)(=O)c1cc(-c2cnccc2C2CC2)cnc1-c1nc2cc(C(F)(F)C(F)(F)F)nnc2n1C. The first-order valence-corrected chi connectivity index (χ1v) is 12.8. The molecule has 1 fully saturated rings. The molecule has 0 radical (unpaired) electrons. The molecule has 0 aromatic carbocycles. The summed E-state index contributed by atoms with van der Waals surface area (Å²) in [4.78, 5) is 12.5. The molecule has 0 bridgehead atoms. The van der Waals surface area contributed by atoms with Crippen LogP contribution in [0.1, 0.15) is 36.9 Å². The molecule has 5 rings (SSSR count). The van der Waals surface area contributed by atoms with Crippen LogP contribution in [0.2, 0.25) is 0 Å². The van der Waals surface area contributed by atoms with Crippen LogP contribution in [0.25, 0.3) is 33.8 Å². The number of sulfone groups is 1. The van der Waals surface area contributed by atoms with Crippen LogP contribution >= 0.6 is 0 Å². The summed E-state index contributed by atoms with van der Waals surface area (Å²) in [6.45, 7) is 1.46. The van der Waals surface area contributed by atoms with Gasteiger partial charge in [0.2, 0.25) is 0 Å². The molecule has 4 aromatic rings. The highest BCUT2D eigenvalue weighted by atomic mass is 32.2. The fourth-order valence-corrected chi connectivity index (χ4v) is 5.10. The van der Waals surface area contributed by atoms with Gasteiger partial charge in [-0.25, -0.2) is 13.4 Å². The molecular formula is C23H19F5N6O2S. The lowest BCUT2D eigenvalue weighted by atomic mass is 10.0. The lowest BCUT2D eigenvalue weighted by Crippen LogP contribution is -2.34. The van der Waals surface area contributed by atoms with Crippen LogP contribution in [0.3, 0.4) is 0 Å². The topological polar surface area (TPSA) is 104 Å². The van der Waals surface area contributed by atoms with Crippen molar-refractivity contribution < 1.29 is 30.4 Å². The molecule has 0 N–H and O–H groups in total. The van der Waals surface area contributed by atoms with Gasteiger partial charge in [0.15, 0.2) is 21.3 Å². The predicted octanol–water partition coefficient (Wildman–Crippen LogP) is 4.81. The average molecular weight is 539 g/mol. The molecule has 0 saturated heterocycles. The molecule has 4 heterocycles. The molecule has 0 amide bonds. The number of pyridine rings is 2. The molecule has 1 aliphatic carbocycles. The van der Waals surface area contributed by atoms with E-state index >= 15 is 0 Å². The van der Waals surface area contributed by atoms with Gasteiger partial charge in [-0.2, -0.15) is 22.0 Å². The maximum absolute atomic E-state index is 13.8. The molecule has 0 aliphatic heterocycles. The number of aryl methyl sites for hydroxylation is 1. The summed E-state index contributed by atoms with van der Waals surface area (Å²) >= 11 is 0. The highest BCUT2D eigenvalue weighted by Crippen LogP contribution is 2.45. The number of nitrogens with zero attached hydrogens (tertiary/aromatic N) is 6. The normalized spacial score (nSPS) is 14.9. The second-order valence-electron chi connectivity index (χ2n) is 8.72. The standard InChI is InChI=1S/C23H19F5N6O2S/c1-3-37(35,36)17-8-13(15-11-29-7-6-14(15)12-4-5-12)10-30-19(17)21-31-16-9-18(22(24,25)23(26,27)28)32-33-20(16)34(21)2/h6-12H,3-5H2,1-2H3. The third-order valence-electron chi connectivity index (χ3n) is 6.26. The third-order valence-corrected chi connectivity index (χ3v) is 8.00. The quantitative estimate of drug-likeness (QED) is 0.325. The molecule has 1 aliphatic rings. The Morgan fingerprint density at radius 2 is 1.81 bits per heavy atom. The van der Waals surface area contributed by atoms with E-state index in [4.69, 9.17) is 0 Å². The monoisotopic (exact) mass is 538 g/mol. The van der Waals surface area contributed by atoms with E-state index in [1.807, 2.05) is 6.07 Å². The molecule has 4 aromatic heterocycles. The van der Waals surface area contributed by atoms with Crippen LogP contribution in [0.4, 0.5) is 22.0 Å². The number of aromatic nitrogens is 6. The number of imidazole rings is 1. The van der Waals surface area contributed by atoms with Crippen molar-refractivity contribution in [1.29, 1.82) is 0 Å². The number of rotatable bonds is 6. The van der Waals surface area contributed by atoms with Crippen LogP contribution in [-0.2, 0) is 22.8 Å². The van der Waals surface area contributed by atoms with E-state index in [-0.39, 0.29) is 33.3 Å². The van der Waals surface area contributed by atoms with Gasteiger partial charge >= 0.3 is 12.1 Å². The van der Waals surface area contributed by atoms with E-state index in [1.54, 1.807) is 12.4 Å². The van der Waals surface area contributed by atoms with Crippen molar-refractivity contribution in [3.05, 3.63) is 48.0 Å². The zero-order valence-electron chi connectivity index (χ0n) is 19.5. The van der Waals surface area contributed by atoms with Gasteiger partial charge in [-0.3, -0.25) is 9.97 Å². The molecule has 0 unspecified atom stereocenters. The van der Waals surface area contributed by atoms with Gasteiger partial charge in [0.05, 0.1) is 10.6 Å². The Balaban J connectivity index is 1.68. The Kier molecular flexibility index (Phi) is 5.77. The number of hydrogen-bond acceptors (Lipinski definition) is 7. The van der Waals surface area contributed by atoms with Gasteiger partial charge in [0, 0.05) is 36.8 Å². The van der Waals surface area contributed by atoms with Gasteiger partial charge in [-0.15, -0.1) is 10.2 Å². The van der Waals surface area contributed by atoms with Crippen LogP contribution in [0.5, 0.6) is 0 Å². The number of fused-ring (bicyclic) bond motifs is 1. The summed E-state index contributed by atoms with van der Waals surface area (Å²) in [5.41, 5.74) is 0.146. The van der Waals surface area contributed by atoms with E-state index in [2.05, 4.69) is 25.1 Å². The summed E-state index contributed by atoms with van der Waals surface area (Å²) in [6.07, 6.45) is 0.913. The minimum absolute atomic E-state index is 0.0797. The maximum Gasteiger partial charge on any atom is 0.459 e. The van der Waals surface area contributed by atoms with Crippen molar-refractivity contribution in [1.82, 2.24) is 29.7 Å².